The zero-order valence-corrected chi connectivity index (χ0v) is 6.62. The van der Waals surface area contributed by atoms with E-state index < -0.39 is 0 Å². The molecule has 0 spiro atoms. The third-order valence-electron chi connectivity index (χ3n) is 1.66. The van der Waals surface area contributed by atoms with Gasteiger partial charge in [0.25, 0.3) is 0 Å². The van der Waals surface area contributed by atoms with E-state index in [-0.39, 0.29) is 11.5 Å². The Balaban J connectivity index is 2.84. The first-order chi connectivity index (χ1) is 5.75. The molecule has 0 amide bonds. The van der Waals surface area contributed by atoms with Crippen LogP contribution in [-0.4, -0.2) is 16.4 Å². The molecule has 0 unspecified atom stereocenters. The Morgan fingerprint density at radius 2 is 2.08 bits per heavy atom. The van der Waals surface area contributed by atoms with Gasteiger partial charge in [-0.05, 0) is 30.7 Å². The van der Waals surface area contributed by atoms with Gasteiger partial charge in [-0.2, -0.15) is 0 Å². The fourth-order valence-electron chi connectivity index (χ4n) is 1.01. The van der Waals surface area contributed by atoms with Gasteiger partial charge >= 0.3 is 0 Å². The van der Waals surface area contributed by atoms with Gasteiger partial charge in [0.1, 0.15) is 0 Å². The Hall–Kier alpha value is -1.51. The Morgan fingerprint density at radius 1 is 1.33 bits per heavy atom. The van der Waals surface area contributed by atoms with Crippen molar-refractivity contribution >= 4 is 6.21 Å². The molecular weight excluding hydrogens is 154 g/mol. The molecule has 1 rings (SSSR count). The summed E-state index contributed by atoms with van der Waals surface area (Å²) in [6.07, 6.45) is 2.45. The summed E-state index contributed by atoms with van der Waals surface area (Å²) in [5, 5.41) is 25.2. The second-order valence-electron chi connectivity index (χ2n) is 2.53. The molecule has 3 heteroatoms. The molecule has 0 aliphatic carbocycles. The highest BCUT2D eigenvalue weighted by Crippen LogP contribution is 2.28. The van der Waals surface area contributed by atoms with Crippen molar-refractivity contribution in [3.8, 4) is 11.5 Å². The number of para-hydroxylation sites is 1. The smallest absolute Gasteiger partial charge is 0.160 e. The molecule has 12 heavy (non-hydrogen) atoms. The van der Waals surface area contributed by atoms with Gasteiger partial charge < -0.3 is 15.6 Å². The van der Waals surface area contributed by atoms with Crippen molar-refractivity contribution in [3.63, 3.8) is 0 Å². The highest BCUT2D eigenvalue weighted by Gasteiger charge is 2.03. The Bertz CT molecular complexity index is 284. The predicted octanol–water partition coefficient (Wildman–Crippen LogP) is 1.68. The summed E-state index contributed by atoms with van der Waals surface area (Å²) in [5.74, 6) is -0.170. The summed E-state index contributed by atoms with van der Waals surface area (Å²) in [4.78, 5) is 0. The fraction of sp³-hybridized carbons (Fsp3) is 0.222. The van der Waals surface area contributed by atoms with E-state index in [1.54, 1.807) is 12.1 Å². The molecule has 0 aromatic heterocycles. The standard InChI is InChI=1S/C9H11NO2/c10-6-2-4-7-3-1-5-8(11)9(7)12/h1,3,5-6,10-12H,2,4H2. The van der Waals surface area contributed by atoms with Crippen LogP contribution in [0.5, 0.6) is 11.5 Å². The molecule has 3 nitrogen and oxygen atoms in total. The van der Waals surface area contributed by atoms with Crippen molar-refractivity contribution in [2.45, 2.75) is 12.8 Å². The van der Waals surface area contributed by atoms with Crippen LogP contribution >= 0.6 is 0 Å². The SMILES string of the molecule is N=CCCc1cccc(O)c1O. The molecule has 64 valence electrons. The van der Waals surface area contributed by atoms with Gasteiger partial charge in [0.15, 0.2) is 11.5 Å². The average molecular weight is 165 g/mol. The Morgan fingerprint density at radius 3 is 2.75 bits per heavy atom. The minimum Gasteiger partial charge on any atom is -0.504 e. The highest BCUT2D eigenvalue weighted by molar-refractivity contribution is 5.54. The van der Waals surface area contributed by atoms with Crippen LogP contribution in [0.1, 0.15) is 12.0 Å². The number of phenolic OH excluding ortho intramolecular Hbond substituents is 2. The largest absolute Gasteiger partial charge is 0.504 e. The first-order valence-electron chi connectivity index (χ1n) is 3.74. The number of nitrogens with one attached hydrogen (secondary N) is 1. The second kappa shape index (κ2) is 3.76. The first kappa shape index (κ1) is 8.59. The summed E-state index contributed by atoms with van der Waals surface area (Å²) in [6, 6.07) is 4.84. The number of hydrogen-bond acceptors (Lipinski definition) is 3. The number of hydrogen-bond donors (Lipinski definition) is 3. The van der Waals surface area contributed by atoms with Gasteiger partial charge in [0.2, 0.25) is 0 Å². The molecule has 0 aliphatic heterocycles. The van der Waals surface area contributed by atoms with Crippen LogP contribution in [-0.2, 0) is 6.42 Å². The first-order valence-corrected chi connectivity index (χ1v) is 3.74. The van der Waals surface area contributed by atoms with E-state index in [1.165, 1.54) is 12.3 Å². The second-order valence-corrected chi connectivity index (χ2v) is 2.53. The van der Waals surface area contributed by atoms with Crippen molar-refractivity contribution in [2.24, 2.45) is 0 Å². The summed E-state index contributed by atoms with van der Waals surface area (Å²) in [5.41, 5.74) is 0.679. The van der Waals surface area contributed by atoms with E-state index in [0.29, 0.717) is 18.4 Å². The topological polar surface area (TPSA) is 64.3 Å². The molecule has 3 N–H and O–H groups in total. The maximum Gasteiger partial charge on any atom is 0.160 e. The summed E-state index contributed by atoms with van der Waals surface area (Å²) in [6.45, 7) is 0. The zero-order chi connectivity index (χ0) is 8.97. The van der Waals surface area contributed by atoms with Gasteiger partial charge in [-0.25, -0.2) is 0 Å². The maximum absolute atomic E-state index is 9.30. The maximum atomic E-state index is 9.30. The molecule has 0 saturated carbocycles. The van der Waals surface area contributed by atoms with E-state index in [4.69, 9.17) is 10.5 Å². The lowest BCUT2D eigenvalue weighted by Crippen LogP contribution is -1.86. The normalized spacial score (nSPS) is 9.67. The van der Waals surface area contributed by atoms with E-state index in [9.17, 15) is 5.11 Å². The van der Waals surface area contributed by atoms with Crippen molar-refractivity contribution in [1.29, 1.82) is 5.41 Å². The third kappa shape index (κ3) is 1.75. The molecule has 0 bridgehead atoms. The Labute approximate surface area is 70.8 Å². The predicted molar refractivity (Wildman–Crippen MR) is 46.9 cm³/mol. The van der Waals surface area contributed by atoms with Crippen LogP contribution in [0.2, 0.25) is 0 Å². The molecule has 0 saturated heterocycles. The molecular formula is C9H11NO2. The van der Waals surface area contributed by atoms with Crippen LogP contribution in [0, 0.1) is 5.41 Å². The fourth-order valence-corrected chi connectivity index (χ4v) is 1.01. The van der Waals surface area contributed by atoms with Crippen molar-refractivity contribution < 1.29 is 10.2 Å². The number of rotatable bonds is 3. The molecule has 0 atom stereocenters. The van der Waals surface area contributed by atoms with Gasteiger partial charge in [0, 0.05) is 0 Å². The number of phenols is 2. The van der Waals surface area contributed by atoms with Gasteiger partial charge in [0.05, 0.1) is 0 Å². The van der Waals surface area contributed by atoms with Gasteiger partial charge in [-0.15, -0.1) is 0 Å². The van der Waals surface area contributed by atoms with Crippen LogP contribution in [0.15, 0.2) is 18.2 Å². The Kier molecular flexibility index (Phi) is 2.69. The van der Waals surface area contributed by atoms with E-state index in [2.05, 4.69) is 0 Å². The number of aryl methyl sites for hydroxylation is 1. The van der Waals surface area contributed by atoms with E-state index >= 15 is 0 Å². The zero-order valence-electron chi connectivity index (χ0n) is 6.62. The summed E-state index contributed by atoms with van der Waals surface area (Å²) >= 11 is 0. The van der Waals surface area contributed by atoms with Crippen molar-refractivity contribution in [3.05, 3.63) is 23.8 Å². The van der Waals surface area contributed by atoms with Crippen LogP contribution < -0.4 is 0 Å². The quantitative estimate of drug-likeness (QED) is 0.471. The lowest BCUT2D eigenvalue weighted by Gasteiger charge is -2.03. The summed E-state index contributed by atoms with van der Waals surface area (Å²) in [7, 11) is 0. The molecule has 0 aliphatic rings. The highest BCUT2D eigenvalue weighted by atomic mass is 16.3. The summed E-state index contributed by atoms with van der Waals surface area (Å²) < 4.78 is 0. The third-order valence-corrected chi connectivity index (χ3v) is 1.66. The molecule has 0 heterocycles. The molecule has 1 aromatic rings. The minimum atomic E-state index is -0.0996. The number of benzene rings is 1. The molecule has 0 radical (unpaired) electrons. The van der Waals surface area contributed by atoms with E-state index in [1.807, 2.05) is 0 Å². The van der Waals surface area contributed by atoms with Crippen LogP contribution in [0.3, 0.4) is 0 Å². The lowest BCUT2D eigenvalue weighted by molar-refractivity contribution is 0.399. The monoisotopic (exact) mass is 165 g/mol. The average Bonchev–Trinajstić information content (AvgIpc) is 2.08. The lowest BCUT2D eigenvalue weighted by atomic mass is 10.1. The van der Waals surface area contributed by atoms with Gasteiger partial charge in [-0.1, -0.05) is 12.1 Å². The van der Waals surface area contributed by atoms with E-state index in [0.717, 1.165) is 0 Å². The van der Waals surface area contributed by atoms with Crippen LogP contribution in [0.25, 0.3) is 0 Å². The van der Waals surface area contributed by atoms with Crippen molar-refractivity contribution in [2.75, 3.05) is 0 Å². The molecule has 0 fully saturated rings. The molecule has 1 aromatic carbocycles. The van der Waals surface area contributed by atoms with Gasteiger partial charge in [-0.3, -0.25) is 0 Å². The minimum absolute atomic E-state index is 0.0700. The van der Waals surface area contributed by atoms with Crippen molar-refractivity contribution in [1.82, 2.24) is 0 Å². The van der Waals surface area contributed by atoms with Crippen LogP contribution in [0.4, 0.5) is 0 Å². The number of aromatic hydroxyl groups is 2.